The van der Waals surface area contributed by atoms with Gasteiger partial charge >= 0.3 is 0 Å². The lowest BCUT2D eigenvalue weighted by Gasteiger charge is -2.32. The first-order chi connectivity index (χ1) is 11.1. The standard InChI is InChI=1S/C16H17Cl2N3OS/c1-2-20-5-7-21(8-6-20)16-19-15(22)14(23-16)10-11-3-4-12(17)13(18)9-11/h2-5,7,9,14,16H,1,6,8,10H2,(H,19,22). The molecule has 1 N–H and O–H groups in total. The lowest BCUT2D eigenvalue weighted by molar-refractivity contribution is -0.120. The second kappa shape index (κ2) is 7.07. The molecule has 2 atom stereocenters. The second-order valence-corrected chi connectivity index (χ2v) is 7.50. The van der Waals surface area contributed by atoms with E-state index in [-0.39, 0.29) is 16.7 Å². The van der Waals surface area contributed by atoms with E-state index in [0.717, 1.165) is 18.7 Å². The Bertz CT molecular complexity index is 652. The summed E-state index contributed by atoms with van der Waals surface area (Å²) in [6.45, 7) is 5.46. The van der Waals surface area contributed by atoms with Crippen LogP contribution in [0.5, 0.6) is 0 Å². The number of nitrogens with zero attached hydrogens (tertiary/aromatic N) is 2. The molecule has 2 aliphatic heterocycles. The fourth-order valence-corrected chi connectivity index (χ4v) is 4.18. The van der Waals surface area contributed by atoms with Crippen molar-refractivity contribution in [3.8, 4) is 0 Å². The minimum absolute atomic E-state index is 0.0292. The largest absolute Gasteiger partial charge is 0.352 e. The van der Waals surface area contributed by atoms with Crippen LogP contribution in [-0.4, -0.2) is 39.5 Å². The van der Waals surface area contributed by atoms with E-state index >= 15 is 0 Å². The van der Waals surface area contributed by atoms with Gasteiger partial charge in [0.25, 0.3) is 0 Å². The predicted molar refractivity (Wildman–Crippen MR) is 96.2 cm³/mol. The smallest absolute Gasteiger partial charge is 0.235 e. The minimum Gasteiger partial charge on any atom is -0.352 e. The van der Waals surface area contributed by atoms with Crippen molar-refractivity contribution in [1.82, 2.24) is 15.1 Å². The van der Waals surface area contributed by atoms with E-state index in [0.29, 0.717) is 16.5 Å². The summed E-state index contributed by atoms with van der Waals surface area (Å²) in [6.07, 6.45) is 6.39. The Hall–Kier alpha value is -1.30. The van der Waals surface area contributed by atoms with Crippen molar-refractivity contribution in [2.45, 2.75) is 17.2 Å². The molecule has 1 saturated heterocycles. The van der Waals surface area contributed by atoms with Crippen molar-refractivity contribution in [1.29, 1.82) is 0 Å². The molecule has 122 valence electrons. The van der Waals surface area contributed by atoms with Crippen molar-refractivity contribution < 1.29 is 4.79 Å². The number of carbonyl (C=O) groups excluding carboxylic acids is 1. The summed E-state index contributed by atoms with van der Waals surface area (Å²) >= 11 is 13.6. The fraction of sp³-hybridized carbons (Fsp3) is 0.312. The number of benzene rings is 1. The molecule has 23 heavy (non-hydrogen) atoms. The Morgan fingerprint density at radius 2 is 2.13 bits per heavy atom. The van der Waals surface area contributed by atoms with Crippen molar-refractivity contribution in [3.05, 3.63) is 59.0 Å². The van der Waals surface area contributed by atoms with Crippen LogP contribution in [0.25, 0.3) is 0 Å². The van der Waals surface area contributed by atoms with Gasteiger partial charge in [-0.05, 0) is 30.3 Å². The van der Waals surface area contributed by atoms with Gasteiger partial charge in [0.1, 0.15) is 0 Å². The zero-order valence-corrected chi connectivity index (χ0v) is 14.7. The maximum atomic E-state index is 12.2. The highest BCUT2D eigenvalue weighted by molar-refractivity contribution is 8.01. The van der Waals surface area contributed by atoms with Crippen molar-refractivity contribution >= 4 is 40.9 Å². The van der Waals surface area contributed by atoms with Gasteiger partial charge in [0, 0.05) is 25.5 Å². The average molecular weight is 370 g/mol. The molecule has 2 unspecified atom stereocenters. The summed E-state index contributed by atoms with van der Waals surface area (Å²) in [7, 11) is 0. The first kappa shape index (κ1) is 16.6. The molecular formula is C16H17Cl2N3OS. The third kappa shape index (κ3) is 3.79. The highest BCUT2D eigenvalue weighted by Gasteiger charge is 2.35. The van der Waals surface area contributed by atoms with E-state index in [1.807, 2.05) is 29.4 Å². The quantitative estimate of drug-likeness (QED) is 0.883. The van der Waals surface area contributed by atoms with E-state index in [1.165, 1.54) is 0 Å². The van der Waals surface area contributed by atoms with Gasteiger partial charge in [-0.3, -0.25) is 4.79 Å². The van der Waals surface area contributed by atoms with Crippen molar-refractivity contribution in [2.75, 3.05) is 13.1 Å². The number of hydrogen-bond donors (Lipinski definition) is 1. The van der Waals surface area contributed by atoms with E-state index in [1.54, 1.807) is 24.0 Å². The topological polar surface area (TPSA) is 35.6 Å². The van der Waals surface area contributed by atoms with Gasteiger partial charge in [-0.1, -0.05) is 35.8 Å². The van der Waals surface area contributed by atoms with E-state index in [2.05, 4.69) is 16.8 Å². The van der Waals surface area contributed by atoms with Crippen LogP contribution in [0.3, 0.4) is 0 Å². The molecule has 0 aliphatic carbocycles. The fourth-order valence-electron chi connectivity index (χ4n) is 2.55. The molecule has 1 aromatic carbocycles. The van der Waals surface area contributed by atoms with Gasteiger partial charge in [0.05, 0.1) is 15.3 Å². The molecule has 2 heterocycles. The Morgan fingerprint density at radius 3 is 2.78 bits per heavy atom. The zero-order valence-electron chi connectivity index (χ0n) is 12.4. The van der Waals surface area contributed by atoms with Crippen LogP contribution in [0.15, 0.2) is 43.4 Å². The summed E-state index contributed by atoms with van der Waals surface area (Å²) in [6, 6.07) is 5.51. The minimum atomic E-state index is -0.122. The van der Waals surface area contributed by atoms with Crippen LogP contribution in [0.4, 0.5) is 0 Å². The third-order valence-electron chi connectivity index (χ3n) is 3.86. The van der Waals surface area contributed by atoms with Crippen LogP contribution >= 0.6 is 35.0 Å². The van der Waals surface area contributed by atoms with Crippen LogP contribution in [0.2, 0.25) is 10.0 Å². The summed E-state index contributed by atoms with van der Waals surface area (Å²) in [5.74, 6) is 0.0608. The molecule has 0 aromatic heterocycles. The molecule has 1 fully saturated rings. The van der Waals surface area contributed by atoms with Crippen molar-refractivity contribution in [3.63, 3.8) is 0 Å². The van der Waals surface area contributed by atoms with Crippen LogP contribution in [0, 0.1) is 0 Å². The highest BCUT2D eigenvalue weighted by Crippen LogP contribution is 2.31. The number of thioether (sulfide) groups is 1. The van der Waals surface area contributed by atoms with Crippen LogP contribution in [0.1, 0.15) is 5.56 Å². The number of rotatable bonds is 4. The van der Waals surface area contributed by atoms with Gasteiger partial charge in [-0.25, -0.2) is 0 Å². The molecule has 4 nitrogen and oxygen atoms in total. The number of hydrogen-bond acceptors (Lipinski definition) is 4. The second-order valence-electron chi connectivity index (χ2n) is 5.39. The van der Waals surface area contributed by atoms with Crippen molar-refractivity contribution in [2.24, 2.45) is 0 Å². The zero-order chi connectivity index (χ0) is 16.4. The Labute approximate surface area is 150 Å². The first-order valence-electron chi connectivity index (χ1n) is 7.29. The van der Waals surface area contributed by atoms with E-state index < -0.39 is 0 Å². The van der Waals surface area contributed by atoms with Gasteiger partial charge in [-0.15, -0.1) is 11.8 Å². The highest BCUT2D eigenvalue weighted by atomic mass is 35.5. The Morgan fingerprint density at radius 1 is 1.30 bits per heavy atom. The molecular weight excluding hydrogens is 353 g/mol. The SMILES string of the molecule is C=CN1C=CN(C2NC(=O)C(Cc3ccc(Cl)c(Cl)c3)S2)CC1. The van der Waals surface area contributed by atoms with Crippen LogP contribution < -0.4 is 5.32 Å². The summed E-state index contributed by atoms with van der Waals surface area (Å²) < 4.78 is 0. The molecule has 0 bridgehead atoms. The van der Waals surface area contributed by atoms with E-state index in [9.17, 15) is 4.79 Å². The van der Waals surface area contributed by atoms with Gasteiger partial charge < -0.3 is 15.1 Å². The molecule has 1 amide bonds. The molecule has 2 aliphatic rings. The summed E-state index contributed by atoms with van der Waals surface area (Å²) in [4.78, 5) is 16.4. The lowest BCUT2D eigenvalue weighted by Crippen LogP contribution is -2.43. The maximum absolute atomic E-state index is 12.2. The molecule has 7 heteroatoms. The normalized spacial score (nSPS) is 24.0. The Kier molecular flexibility index (Phi) is 5.09. The number of amides is 1. The van der Waals surface area contributed by atoms with Crippen LogP contribution in [-0.2, 0) is 11.2 Å². The molecule has 3 rings (SSSR count). The third-order valence-corrected chi connectivity index (χ3v) is 5.95. The first-order valence-corrected chi connectivity index (χ1v) is 8.99. The lowest BCUT2D eigenvalue weighted by atomic mass is 10.1. The Balaban J connectivity index is 1.63. The van der Waals surface area contributed by atoms with E-state index in [4.69, 9.17) is 23.2 Å². The predicted octanol–water partition coefficient (Wildman–Crippen LogP) is 3.28. The van der Waals surface area contributed by atoms with Gasteiger partial charge in [-0.2, -0.15) is 0 Å². The average Bonchev–Trinajstić information content (AvgIpc) is 2.92. The molecule has 0 radical (unpaired) electrons. The number of nitrogens with one attached hydrogen (secondary N) is 1. The monoisotopic (exact) mass is 369 g/mol. The summed E-state index contributed by atoms with van der Waals surface area (Å²) in [5.41, 5.74) is 0.984. The van der Waals surface area contributed by atoms with Gasteiger partial charge in [0.15, 0.2) is 5.50 Å². The molecule has 0 spiro atoms. The number of carbonyl (C=O) groups is 1. The molecule has 0 saturated carbocycles. The molecule has 1 aromatic rings. The summed E-state index contributed by atoms with van der Waals surface area (Å²) in [5, 5.41) is 3.98. The maximum Gasteiger partial charge on any atom is 0.235 e. The van der Waals surface area contributed by atoms with Gasteiger partial charge in [0.2, 0.25) is 5.91 Å². The number of halogens is 2.